The number of nitrogens with zero attached hydrogens (tertiary/aromatic N) is 1. The molecule has 0 bridgehead atoms. The van der Waals surface area contributed by atoms with E-state index >= 15 is 0 Å². The molecule has 0 saturated heterocycles. The molecule has 1 unspecified atom stereocenters. The molecule has 0 radical (unpaired) electrons. The molecule has 0 fully saturated rings. The summed E-state index contributed by atoms with van der Waals surface area (Å²) in [5.41, 5.74) is 2.86. The number of methoxy groups -OCH3 is 2. The van der Waals surface area contributed by atoms with E-state index in [-0.39, 0.29) is 5.82 Å². The van der Waals surface area contributed by atoms with Crippen LogP contribution in [0.1, 0.15) is 24.1 Å². The molecule has 0 aliphatic carbocycles. The largest absolute Gasteiger partial charge is 0.497 e. The molecule has 0 saturated carbocycles. The van der Waals surface area contributed by atoms with Gasteiger partial charge in [0, 0.05) is 12.2 Å². The lowest BCUT2D eigenvalue weighted by molar-refractivity contribution is -0.136. The van der Waals surface area contributed by atoms with Gasteiger partial charge in [0.15, 0.2) is 5.11 Å². The van der Waals surface area contributed by atoms with Crippen molar-refractivity contribution in [2.45, 2.75) is 19.5 Å². The van der Waals surface area contributed by atoms with Gasteiger partial charge in [-0.15, -0.1) is 0 Å². The third kappa shape index (κ3) is 3.99. The topological polar surface area (TPSA) is 50.8 Å². The van der Waals surface area contributed by atoms with Crippen molar-refractivity contribution in [3.8, 4) is 5.75 Å². The van der Waals surface area contributed by atoms with Gasteiger partial charge < -0.3 is 19.7 Å². The van der Waals surface area contributed by atoms with Gasteiger partial charge in [-0.2, -0.15) is 0 Å². The van der Waals surface area contributed by atoms with Crippen molar-refractivity contribution in [3.05, 3.63) is 76.7 Å². The minimum atomic E-state index is -0.459. The molecule has 1 aliphatic heterocycles. The first kappa shape index (κ1) is 19.8. The molecule has 5 nitrogen and oxygen atoms in total. The summed E-state index contributed by atoms with van der Waals surface area (Å²) in [6.45, 7) is 2.24. The maximum atomic E-state index is 13.2. The van der Waals surface area contributed by atoms with Crippen LogP contribution >= 0.6 is 12.2 Å². The van der Waals surface area contributed by atoms with Gasteiger partial charge in [0.2, 0.25) is 0 Å². The Morgan fingerprint density at radius 2 is 1.93 bits per heavy atom. The highest BCUT2D eigenvalue weighted by Gasteiger charge is 2.34. The summed E-state index contributed by atoms with van der Waals surface area (Å²) >= 11 is 5.57. The number of ether oxygens (including phenoxy) is 2. The number of benzene rings is 2. The third-order valence-corrected chi connectivity index (χ3v) is 5.02. The summed E-state index contributed by atoms with van der Waals surface area (Å²) in [6, 6.07) is 13.2. The Labute approximate surface area is 168 Å². The molecule has 3 rings (SSSR count). The normalized spacial score (nSPS) is 16.6. The number of hydrogen-bond acceptors (Lipinski definition) is 4. The Hall–Kier alpha value is -2.93. The second-order valence-electron chi connectivity index (χ2n) is 6.36. The van der Waals surface area contributed by atoms with Crippen LogP contribution in [0.5, 0.6) is 5.75 Å². The first-order valence-electron chi connectivity index (χ1n) is 8.70. The van der Waals surface area contributed by atoms with Gasteiger partial charge in [-0.25, -0.2) is 9.18 Å². The monoisotopic (exact) mass is 400 g/mol. The van der Waals surface area contributed by atoms with E-state index < -0.39 is 12.0 Å². The van der Waals surface area contributed by atoms with E-state index in [9.17, 15) is 9.18 Å². The molecule has 28 heavy (non-hydrogen) atoms. The summed E-state index contributed by atoms with van der Waals surface area (Å²) in [7, 11) is 2.94. The van der Waals surface area contributed by atoms with Crippen molar-refractivity contribution in [1.29, 1.82) is 0 Å². The van der Waals surface area contributed by atoms with Crippen molar-refractivity contribution in [3.63, 3.8) is 0 Å². The first-order chi connectivity index (χ1) is 13.4. The highest BCUT2D eigenvalue weighted by Crippen LogP contribution is 2.33. The molecule has 1 atom stereocenters. The predicted octanol–water partition coefficient (Wildman–Crippen LogP) is 3.71. The highest BCUT2D eigenvalue weighted by atomic mass is 32.1. The van der Waals surface area contributed by atoms with Gasteiger partial charge in [-0.3, -0.25) is 0 Å². The Morgan fingerprint density at radius 3 is 2.57 bits per heavy atom. The molecule has 0 spiro atoms. The molecule has 1 heterocycles. The van der Waals surface area contributed by atoms with Crippen molar-refractivity contribution in [1.82, 2.24) is 10.2 Å². The van der Waals surface area contributed by atoms with E-state index in [0.29, 0.717) is 28.7 Å². The van der Waals surface area contributed by atoms with Crippen LogP contribution in [0.15, 0.2) is 59.8 Å². The smallest absolute Gasteiger partial charge is 0.337 e. The minimum absolute atomic E-state index is 0.302. The average Bonchev–Trinajstić information content (AvgIpc) is 2.71. The zero-order valence-electron chi connectivity index (χ0n) is 15.9. The zero-order chi connectivity index (χ0) is 20.3. The van der Waals surface area contributed by atoms with Crippen LogP contribution in [0.4, 0.5) is 4.39 Å². The quantitative estimate of drug-likeness (QED) is 0.610. The average molecular weight is 400 g/mol. The molecular formula is C21H21FN2O3S. The fraction of sp³-hybridized carbons (Fsp3) is 0.238. The Bertz CT molecular complexity index is 928. The standard InChI is InChI=1S/C21H21FN2O3S/c1-13-18(20(25)27-3)19(15-5-4-6-17(11-15)26-2)23-21(28)24(13)12-14-7-9-16(22)10-8-14/h4-11,19H,12H2,1-3H3,(H,23,28). The Kier molecular flexibility index (Phi) is 5.94. The molecule has 0 aromatic heterocycles. The number of halogens is 1. The lowest BCUT2D eigenvalue weighted by Gasteiger charge is -2.37. The zero-order valence-corrected chi connectivity index (χ0v) is 16.7. The van der Waals surface area contributed by atoms with E-state index in [1.807, 2.05) is 36.1 Å². The lowest BCUT2D eigenvalue weighted by Crippen LogP contribution is -2.47. The van der Waals surface area contributed by atoms with Crippen molar-refractivity contribution in [2.75, 3.05) is 14.2 Å². The van der Waals surface area contributed by atoms with E-state index in [2.05, 4.69) is 5.32 Å². The summed E-state index contributed by atoms with van der Waals surface area (Å²) in [5.74, 6) is -0.0612. The Morgan fingerprint density at radius 1 is 1.21 bits per heavy atom. The number of esters is 1. The Balaban J connectivity index is 2.02. The summed E-state index contributed by atoms with van der Waals surface area (Å²) in [6.07, 6.45) is 0. The SMILES string of the molecule is COC(=O)C1=C(C)N(Cc2ccc(F)cc2)C(=S)NC1c1cccc(OC)c1. The molecule has 2 aromatic rings. The molecule has 1 N–H and O–H groups in total. The van der Waals surface area contributed by atoms with E-state index in [1.54, 1.807) is 19.2 Å². The first-order valence-corrected chi connectivity index (χ1v) is 9.11. The molecule has 146 valence electrons. The molecular weight excluding hydrogens is 379 g/mol. The van der Waals surface area contributed by atoms with Gasteiger partial charge in [-0.1, -0.05) is 24.3 Å². The maximum absolute atomic E-state index is 13.2. The van der Waals surface area contributed by atoms with Crippen LogP contribution in [0.2, 0.25) is 0 Å². The lowest BCUT2D eigenvalue weighted by atomic mass is 9.94. The number of hydrogen-bond donors (Lipinski definition) is 1. The number of carbonyl (C=O) groups is 1. The van der Waals surface area contributed by atoms with Crippen LogP contribution in [-0.2, 0) is 16.1 Å². The summed E-state index contributed by atoms with van der Waals surface area (Å²) in [4.78, 5) is 14.4. The fourth-order valence-corrected chi connectivity index (χ4v) is 3.51. The third-order valence-electron chi connectivity index (χ3n) is 4.68. The van der Waals surface area contributed by atoms with Crippen molar-refractivity contribution in [2.24, 2.45) is 0 Å². The molecule has 2 aromatic carbocycles. The van der Waals surface area contributed by atoms with Crippen LogP contribution in [-0.4, -0.2) is 30.2 Å². The fourth-order valence-electron chi connectivity index (χ4n) is 3.19. The minimum Gasteiger partial charge on any atom is -0.497 e. The van der Waals surface area contributed by atoms with Gasteiger partial charge in [-0.05, 0) is 54.5 Å². The van der Waals surface area contributed by atoms with Crippen LogP contribution in [0, 0.1) is 5.82 Å². The molecule has 1 aliphatic rings. The number of allylic oxidation sites excluding steroid dienone is 1. The van der Waals surface area contributed by atoms with Crippen molar-refractivity contribution < 1.29 is 18.7 Å². The maximum Gasteiger partial charge on any atom is 0.337 e. The van der Waals surface area contributed by atoms with E-state index in [1.165, 1.54) is 19.2 Å². The number of nitrogens with one attached hydrogen (secondary N) is 1. The second kappa shape index (κ2) is 8.39. The number of thiocarbonyl (C=S) groups is 1. The molecule has 0 amide bonds. The van der Waals surface area contributed by atoms with Gasteiger partial charge >= 0.3 is 5.97 Å². The van der Waals surface area contributed by atoms with Crippen LogP contribution < -0.4 is 10.1 Å². The van der Waals surface area contributed by atoms with E-state index in [0.717, 1.165) is 11.1 Å². The second-order valence-corrected chi connectivity index (χ2v) is 6.75. The predicted molar refractivity (Wildman–Crippen MR) is 108 cm³/mol. The summed E-state index contributed by atoms with van der Waals surface area (Å²) < 4.78 is 23.5. The molecule has 7 heteroatoms. The highest BCUT2D eigenvalue weighted by molar-refractivity contribution is 7.80. The van der Waals surface area contributed by atoms with Gasteiger partial charge in [0.25, 0.3) is 0 Å². The van der Waals surface area contributed by atoms with Crippen molar-refractivity contribution >= 4 is 23.3 Å². The van der Waals surface area contributed by atoms with Gasteiger partial charge in [0.1, 0.15) is 11.6 Å². The van der Waals surface area contributed by atoms with Crippen LogP contribution in [0.25, 0.3) is 0 Å². The summed E-state index contributed by atoms with van der Waals surface area (Å²) in [5, 5.41) is 3.70. The number of rotatable bonds is 5. The van der Waals surface area contributed by atoms with Gasteiger partial charge in [0.05, 0.1) is 25.8 Å². The van der Waals surface area contributed by atoms with Crippen LogP contribution in [0.3, 0.4) is 0 Å². The van der Waals surface area contributed by atoms with E-state index in [4.69, 9.17) is 21.7 Å². The number of carbonyl (C=O) groups excluding carboxylic acids is 1.